The van der Waals surface area contributed by atoms with Gasteiger partial charge in [-0.05, 0) is 38.8 Å². The van der Waals surface area contributed by atoms with E-state index in [1.54, 1.807) is 6.33 Å². The lowest BCUT2D eigenvalue weighted by Crippen LogP contribution is -2.34. The number of rotatable bonds is 4. The van der Waals surface area contributed by atoms with Crippen LogP contribution in [0.25, 0.3) is 0 Å². The molecule has 0 N–H and O–H groups in total. The molecule has 0 bridgehead atoms. The molecular formula is C11H19BrN4. The predicted molar refractivity (Wildman–Crippen MR) is 67.5 cm³/mol. The van der Waals surface area contributed by atoms with E-state index in [2.05, 4.69) is 37.8 Å². The van der Waals surface area contributed by atoms with E-state index in [0.717, 1.165) is 30.2 Å². The predicted octanol–water partition coefficient (Wildman–Crippen LogP) is 1.90. The van der Waals surface area contributed by atoms with Crippen molar-refractivity contribution in [3.05, 3.63) is 12.2 Å². The van der Waals surface area contributed by atoms with Crippen LogP contribution in [0, 0.1) is 5.92 Å². The Morgan fingerprint density at radius 2 is 2.19 bits per heavy atom. The zero-order chi connectivity index (χ0) is 11.4. The monoisotopic (exact) mass is 286 g/mol. The Labute approximate surface area is 105 Å². The van der Waals surface area contributed by atoms with Crippen molar-refractivity contribution < 1.29 is 0 Å². The average Bonchev–Trinajstić information content (AvgIpc) is 2.77. The topological polar surface area (TPSA) is 34.0 Å². The molecule has 1 aromatic heterocycles. The number of halogens is 1. The first kappa shape index (κ1) is 12.0. The lowest BCUT2D eigenvalue weighted by atomic mass is 9.99. The summed E-state index contributed by atoms with van der Waals surface area (Å²) < 4.78 is 1.98. The van der Waals surface area contributed by atoms with Crippen LogP contribution < -0.4 is 0 Å². The van der Waals surface area contributed by atoms with E-state index in [1.807, 2.05) is 4.68 Å². The van der Waals surface area contributed by atoms with Gasteiger partial charge in [-0.15, -0.1) is 0 Å². The number of hydrogen-bond donors (Lipinski definition) is 0. The molecule has 1 aromatic rings. The molecule has 5 heteroatoms. The lowest BCUT2D eigenvalue weighted by Gasteiger charge is -2.30. The van der Waals surface area contributed by atoms with Gasteiger partial charge in [-0.2, -0.15) is 5.10 Å². The minimum Gasteiger partial charge on any atom is -0.296 e. The van der Waals surface area contributed by atoms with Gasteiger partial charge in [0.15, 0.2) is 0 Å². The van der Waals surface area contributed by atoms with E-state index in [9.17, 15) is 0 Å². The molecule has 0 spiro atoms. The Bertz CT molecular complexity index is 318. The van der Waals surface area contributed by atoms with Crippen molar-refractivity contribution in [1.82, 2.24) is 19.7 Å². The molecular weight excluding hydrogens is 268 g/mol. The number of hydrogen-bond acceptors (Lipinski definition) is 3. The lowest BCUT2D eigenvalue weighted by molar-refractivity contribution is 0.181. The largest absolute Gasteiger partial charge is 0.296 e. The SMILES string of the molecule is CCn1ncnc1CN1CCC(CBr)CC1. The third-order valence-corrected chi connectivity index (χ3v) is 4.20. The van der Waals surface area contributed by atoms with Crippen LogP contribution in [0.3, 0.4) is 0 Å². The summed E-state index contributed by atoms with van der Waals surface area (Å²) in [5.41, 5.74) is 0. The third kappa shape index (κ3) is 2.83. The Morgan fingerprint density at radius 3 is 2.81 bits per heavy atom. The number of nitrogens with zero attached hydrogens (tertiary/aromatic N) is 4. The molecule has 0 saturated carbocycles. The number of alkyl halides is 1. The van der Waals surface area contributed by atoms with Crippen molar-refractivity contribution in [3.63, 3.8) is 0 Å². The van der Waals surface area contributed by atoms with Crippen LogP contribution >= 0.6 is 15.9 Å². The van der Waals surface area contributed by atoms with Gasteiger partial charge in [0, 0.05) is 11.9 Å². The fraction of sp³-hybridized carbons (Fsp3) is 0.818. The molecule has 0 atom stereocenters. The first-order chi connectivity index (χ1) is 7.83. The maximum Gasteiger partial charge on any atom is 0.140 e. The van der Waals surface area contributed by atoms with Gasteiger partial charge >= 0.3 is 0 Å². The fourth-order valence-electron chi connectivity index (χ4n) is 2.17. The summed E-state index contributed by atoms with van der Waals surface area (Å²) in [6.45, 7) is 6.34. The van der Waals surface area contributed by atoms with Crippen LogP contribution in [0.15, 0.2) is 6.33 Å². The molecule has 0 amide bonds. The van der Waals surface area contributed by atoms with Crippen LogP contribution in [0.2, 0.25) is 0 Å². The zero-order valence-electron chi connectivity index (χ0n) is 9.77. The molecule has 0 radical (unpaired) electrons. The summed E-state index contributed by atoms with van der Waals surface area (Å²) in [6.07, 6.45) is 4.25. The summed E-state index contributed by atoms with van der Waals surface area (Å²) in [6, 6.07) is 0. The van der Waals surface area contributed by atoms with Gasteiger partial charge in [0.1, 0.15) is 12.2 Å². The summed E-state index contributed by atoms with van der Waals surface area (Å²) >= 11 is 3.57. The van der Waals surface area contributed by atoms with Gasteiger partial charge in [-0.3, -0.25) is 4.90 Å². The summed E-state index contributed by atoms with van der Waals surface area (Å²) in [5.74, 6) is 1.96. The highest BCUT2D eigenvalue weighted by atomic mass is 79.9. The quantitative estimate of drug-likeness (QED) is 0.793. The Morgan fingerprint density at radius 1 is 1.44 bits per heavy atom. The molecule has 1 fully saturated rings. The minimum absolute atomic E-state index is 0.861. The maximum absolute atomic E-state index is 4.32. The highest BCUT2D eigenvalue weighted by molar-refractivity contribution is 9.09. The Balaban J connectivity index is 1.87. The molecule has 0 unspecified atom stereocenters. The molecule has 4 nitrogen and oxygen atoms in total. The van der Waals surface area contributed by atoms with E-state index in [1.165, 1.54) is 25.9 Å². The maximum atomic E-state index is 4.32. The van der Waals surface area contributed by atoms with Crippen molar-refractivity contribution in [1.29, 1.82) is 0 Å². The molecule has 0 aliphatic carbocycles. The van der Waals surface area contributed by atoms with E-state index >= 15 is 0 Å². The molecule has 1 aliphatic heterocycles. The van der Waals surface area contributed by atoms with Crippen molar-refractivity contribution in [2.75, 3.05) is 18.4 Å². The highest BCUT2D eigenvalue weighted by Gasteiger charge is 2.19. The second kappa shape index (κ2) is 5.77. The zero-order valence-corrected chi connectivity index (χ0v) is 11.4. The molecule has 2 rings (SSSR count). The van der Waals surface area contributed by atoms with Gasteiger partial charge in [-0.1, -0.05) is 15.9 Å². The molecule has 1 saturated heterocycles. The first-order valence-electron chi connectivity index (χ1n) is 5.98. The van der Waals surface area contributed by atoms with Gasteiger partial charge in [0.25, 0.3) is 0 Å². The number of likely N-dealkylation sites (tertiary alicyclic amines) is 1. The molecule has 1 aliphatic rings. The minimum atomic E-state index is 0.861. The second-order valence-corrected chi connectivity index (χ2v) is 5.01. The van der Waals surface area contributed by atoms with Crippen LogP contribution in [-0.4, -0.2) is 38.1 Å². The summed E-state index contributed by atoms with van der Waals surface area (Å²) in [7, 11) is 0. The normalized spacial score (nSPS) is 19.1. The summed E-state index contributed by atoms with van der Waals surface area (Å²) in [4.78, 5) is 6.80. The van der Waals surface area contributed by atoms with Crippen LogP contribution in [0.5, 0.6) is 0 Å². The van der Waals surface area contributed by atoms with Gasteiger partial charge < -0.3 is 0 Å². The van der Waals surface area contributed by atoms with Gasteiger partial charge in [0.05, 0.1) is 6.54 Å². The fourth-order valence-corrected chi connectivity index (χ4v) is 2.82. The van der Waals surface area contributed by atoms with Gasteiger partial charge in [0.2, 0.25) is 0 Å². The average molecular weight is 287 g/mol. The molecule has 0 aromatic carbocycles. The van der Waals surface area contributed by atoms with E-state index < -0.39 is 0 Å². The highest BCUT2D eigenvalue weighted by Crippen LogP contribution is 2.19. The third-order valence-electron chi connectivity index (χ3n) is 3.29. The van der Waals surface area contributed by atoms with Crippen LogP contribution in [-0.2, 0) is 13.1 Å². The number of aromatic nitrogens is 3. The van der Waals surface area contributed by atoms with Gasteiger partial charge in [-0.25, -0.2) is 9.67 Å². The van der Waals surface area contributed by atoms with Crippen molar-refractivity contribution in [2.24, 2.45) is 5.92 Å². The van der Waals surface area contributed by atoms with Crippen molar-refractivity contribution >= 4 is 15.9 Å². The molecule has 16 heavy (non-hydrogen) atoms. The van der Waals surface area contributed by atoms with E-state index in [4.69, 9.17) is 0 Å². The number of aryl methyl sites for hydroxylation is 1. The van der Waals surface area contributed by atoms with Crippen LogP contribution in [0.4, 0.5) is 0 Å². The van der Waals surface area contributed by atoms with E-state index in [-0.39, 0.29) is 0 Å². The first-order valence-corrected chi connectivity index (χ1v) is 7.10. The number of piperidine rings is 1. The van der Waals surface area contributed by atoms with Crippen molar-refractivity contribution in [3.8, 4) is 0 Å². The molecule has 90 valence electrons. The molecule has 2 heterocycles. The second-order valence-electron chi connectivity index (χ2n) is 4.37. The smallest absolute Gasteiger partial charge is 0.140 e. The van der Waals surface area contributed by atoms with Crippen LogP contribution in [0.1, 0.15) is 25.6 Å². The Kier molecular flexibility index (Phi) is 4.35. The van der Waals surface area contributed by atoms with Crippen molar-refractivity contribution in [2.45, 2.75) is 32.9 Å². The Hall–Kier alpha value is -0.420. The summed E-state index contributed by atoms with van der Waals surface area (Å²) in [5, 5.41) is 5.35. The standard InChI is InChI=1S/C11H19BrN4/c1-2-16-11(13-9-14-16)8-15-5-3-10(7-12)4-6-15/h9-10H,2-8H2,1H3. The van der Waals surface area contributed by atoms with E-state index in [0.29, 0.717) is 0 Å².